The highest BCUT2D eigenvalue weighted by atomic mass is 32.1. The molecular formula is C11H8N6OS. The Morgan fingerprint density at radius 1 is 1.37 bits per heavy atom. The summed E-state index contributed by atoms with van der Waals surface area (Å²) in [4.78, 5) is 16.2. The van der Waals surface area contributed by atoms with Crippen LogP contribution in [0.15, 0.2) is 36.8 Å². The zero-order chi connectivity index (χ0) is 13.1. The summed E-state index contributed by atoms with van der Waals surface area (Å²) < 4.78 is 3.63. The van der Waals surface area contributed by atoms with Crippen LogP contribution in [0.3, 0.4) is 0 Å². The third-order valence-corrected chi connectivity index (χ3v) is 3.04. The molecule has 0 aliphatic rings. The van der Waals surface area contributed by atoms with E-state index in [2.05, 4.69) is 30.1 Å². The molecule has 0 spiro atoms. The molecule has 8 heteroatoms. The molecule has 1 amide bonds. The first-order valence-electron chi connectivity index (χ1n) is 5.37. The van der Waals surface area contributed by atoms with Gasteiger partial charge in [0, 0.05) is 24.0 Å². The van der Waals surface area contributed by atoms with E-state index in [1.807, 2.05) is 12.1 Å². The van der Waals surface area contributed by atoms with Gasteiger partial charge in [-0.1, -0.05) is 4.49 Å². The zero-order valence-electron chi connectivity index (χ0n) is 9.57. The van der Waals surface area contributed by atoms with Gasteiger partial charge in [0.15, 0.2) is 5.82 Å². The van der Waals surface area contributed by atoms with Crippen LogP contribution in [0.5, 0.6) is 0 Å². The molecule has 94 valence electrons. The summed E-state index contributed by atoms with van der Waals surface area (Å²) in [5, 5.41) is 13.1. The lowest BCUT2D eigenvalue weighted by molar-refractivity contribution is 0.103. The van der Waals surface area contributed by atoms with Gasteiger partial charge in [-0.15, -0.1) is 5.10 Å². The van der Waals surface area contributed by atoms with E-state index in [1.54, 1.807) is 18.5 Å². The first-order valence-corrected chi connectivity index (χ1v) is 6.15. The molecule has 0 aromatic carbocycles. The molecule has 2 N–H and O–H groups in total. The van der Waals surface area contributed by atoms with Crippen LogP contribution in [0, 0.1) is 0 Å². The average Bonchev–Trinajstić information content (AvgIpc) is 3.11. The van der Waals surface area contributed by atoms with Crippen LogP contribution in [0.4, 0.5) is 5.82 Å². The van der Waals surface area contributed by atoms with Gasteiger partial charge in [0.05, 0.1) is 11.9 Å². The molecule has 0 radical (unpaired) electrons. The second-order valence-corrected chi connectivity index (χ2v) is 4.43. The molecule has 3 rings (SSSR count). The van der Waals surface area contributed by atoms with E-state index in [9.17, 15) is 4.79 Å². The van der Waals surface area contributed by atoms with Crippen LogP contribution < -0.4 is 5.32 Å². The SMILES string of the molecule is O=C(Nc1cc(-c2cccnc2)[nH]n1)c1cnns1. The summed E-state index contributed by atoms with van der Waals surface area (Å²) in [5.41, 5.74) is 1.68. The van der Waals surface area contributed by atoms with Gasteiger partial charge >= 0.3 is 0 Å². The molecule has 0 bridgehead atoms. The maximum atomic E-state index is 11.8. The molecule has 0 atom stereocenters. The summed E-state index contributed by atoms with van der Waals surface area (Å²) in [6, 6.07) is 5.47. The van der Waals surface area contributed by atoms with Crippen LogP contribution in [0.2, 0.25) is 0 Å². The highest BCUT2D eigenvalue weighted by Crippen LogP contribution is 2.18. The normalized spacial score (nSPS) is 10.3. The third-order valence-electron chi connectivity index (χ3n) is 2.38. The van der Waals surface area contributed by atoms with Crippen molar-refractivity contribution < 1.29 is 4.79 Å². The number of aromatic amines is 1. The van der Waals surface area contributed by atoms with Crippen LogP contribution in [-0.2, 0) is 0 Å². The van der Waals surface area contributed by atoms with Crippen molar-refractivity contribution in [2.24, 2.45) is 0 Å². The van der Waals surface area contributed by atoms with Gasteiger partial charge < -0.3 is 5.32 Å². The summed E-state index contributed by atoms with van der Waals surface area (Å²) >= 11 is 1.03. The van der Waals surface area contributed by atoms with Crippen molar-refractivity contribution >= 4 is 23.3 Å². The van der Waals surface area contributed by atoms with E-state index in [4.69, 9.17) is 0 Å². The van der Waals surface area contributed by atoms with E-state index in [0.717, 1.165) is 22.8 Å². The smallest absolute Gasteiger partial charge is 0.270 e. The van der Waals surface area contributed by atoms with E-state index in [1.165, 1.54) is 6.20 Å². The lowest BCUT2D eigenvalue weighted by Crippen LogP contribution is -2.10. The second kappa shape index (κ2) is 4.94. The van der Waals surface area contributed by atoms with Crippen molar-refractivity contribution in [3.05, 3.63) is 41.7 Å². The number of carbonyl (C=O) groups is 1. The summed E-state index contributed by atoms with van der Waals surface area (Å²) in [6.45, 7) is 0. The highest BCUT2D eigenvalue weighted by Gasteiger charge is 2.11. The van der Waals surface area contributed by atoms with Gasteiger partial charge in [0.2, 0.25) is 0 Å². The zero-order valence-corrected chi connectivity index (χ0v) is 10.4. The maximum Gasteiger partial charge on any atom is 0.270 e. The number of H-pyrrole nitrogens is 1. The average molecular weight is 272 g/mol. The Morgan fingerprint density at radius 2 is 2.32 bits per heavy atom. The van der Waals surface area contributed by atoms with Crippen LogP contribution in [0.1, 0.15) is 9.67 Å². The molecule has 7 nitrogen and oxygen atoms in total. The number of pyridine rings is 1. The largest absolute Gasteiger partial charge is 0.304 e. The number of nitrogens with one attached hydrogen (secondary N) is 2. The maximum absolute atomic E-state index is 11.8. The minimum absolute atomic E-state index is 0.278. The minimum Gasteiger partial charge on any atom is -0.304 e. The van der Waals surface area contributed by atoms with E-state index in [0.29, 0.717) is 10.7 Å². The highest BCUT2D eigenvalue weighted by molar-refractivity contribution is 7.07. The Bertz CT molecular complexity index is 678. The molecule has 0 aliphatic heterocycles. The van der Waals surface area contributed by atoms with Crippen molar-refractivity contribution in [1.29, 1.82) is 0 Å². The Kier molecular flexibility index (Phi) is 2.99. The fraction of sp³-hybridized carbons (Fsp3) is 0. The van der Waals surface area contributed by atoms with Crippen molar-refractivity contribution in [1.82, 2.24) is 24.8 Å². The van der Waals surface area contributed by atoms with Gasteiger partial charge in [-0.2, -0.15) is 5.10 Å². The molecule has 3 heterocycles. The Balaban J connectivity index is 1.77. The fourth-order valence-corrected chi connectivity index (χ4v) is 1.91. The van der Waals surface area contributed by atoms with Gasteiger partial charge in [-0.3, -0.25) is 14.9 Å². The summed E-state index contributed by atoms with van der Waals surface area (Å²) in [6.07, 6.45) is 4.82. The fourth-order valence-electron chi connectivity index (χ4n) is 1.50. The molecule has 0 unspecified atom stereocenters. The number of hydrogen-bond acceptors (Lipinski definition) is 6. The predicted molar refractivity (Wildman–Crippen MR) is 69.7 cm³/mol. The van der Waals surface area contributed by atoms with E-state index < -0.39 is 0 Å². The molecule has 3 aromatic rings. The number of rotatable bonds is 3. The van der Waals surface area contributed by atoms with Gasteiger partial charge in [-0.05, 0) is 23.7 Å². The third kappa shape index (κ3) is 2.47. The topological polar surface area (TPSA) is 96.5 Å². The molecule has 0 fully saturated rings. The Hall–Kier alpha value is -2.61. The van der Waals surface area contributed by atoms with Gasteiger partial charge in [0.25, 0.3) is 5.91 Å². The predicted octanol–water partition coefficient (Wildman–Crippen LogP) is 1.58. The second-order valence-electron chi connectivity index (χ2n) is 3.64. The lowest BCUT2D eigenvalue weighted by Gasteiger charge is -1.96. The first-order chi connectivity index (χ1) is 9.33. The molecule has 0 aliphatic carbocycles. The van der Waals surface area contributed by atoms with Crippen molar-refractivity contribution in [3.8, 4) is 11.3 Å². The van der Waals surface area contributed by atoms with Gasteiger partial charge in [0.1, 0.15) is 4.88 Å². The quantitative estimate of drug-likeness (QED) is 0.754. The molecule has 19 heavy (non-hydrogen) atoms. The van der Waals surface area contributed by atoms with Gasteiger partial charge in [-0.25, -0.2) is 0 Å². The molecule has 0 saturated heterocycles. The standard InChI is InChI=1S/C11H8N6OS/c18-11(9-6-13-17-19-9)14-10-4-8(15-16-10)7-2-1-3-12-5-7/h1-6H,(H2,14,15,16,18). The monoisotopic (exact) mass is 272 g/mol. The van der Waals surface area contributed by atoms with Crippen molar-refractivity contribution in [3.63, 3.8) is 0 Å². The summed E-state index contributed by atoms with van der Waals surface area (Å²) in [7, 11) is 0. The Morgan fingerprint density at radius 3 is 3.05 bits per heavy atom. The number of hydrogen-bond donors (Lipinski definition) is 2. The number of nitrogens with zero attached hydrogens (tertiary/aromatic N) is 4. The van der Waals surface area contributed by atoms with E-state index in [-0.39, 0.29) is 5.91 Å². The first kappa shape index (κ1) is 11.5. The van der Waals surface area contributed by atoms with Crippen molar-refractivity contribution in [2.75, 3.05) is 5.32 Å². The molecular weight excluding hydrogens is 264 g/mol. The minimum atomic E-state index is -0.278. The lowest BCUT2D eigenvalue weighted by atomic mass is 10.2. The molecule has 3 aromatic heterocycles. The van der Waals surface area contributed by atoms with Crippen LogP contribution in [-0.4, -0.2) is 30.7 Å². The Labute approximate surface area is 111 Å². The summed E-state index contributed by atoms with van der Waals surface area (Å²) in [5.74, 6) is 0.163. The number of anilines is 1. The molecule has 0 saturated carbocycles. The number of carbonyl (C=O) groups excluding carboxylic acids is 1. The van der Waals surface area contributed by atoms with Crippen molar-refractivity contribution in [2.45, 2.75) is 0 Å². The van der Waals surface area contributed by atoms with Crippen LogP contribution in [0.25, 0.3) is 11.3 Å². The van der Waals surface area contributed by atoms with E-state index >= 15 is 0 Å². The van der Waals surface area contributed by atoms with Crippen LogP contribution >= 0.6 is 11.5 Å². The number of amides is 1. The number of aromatic nitrogens is 5.